The van der Waals surface area contributed by atoms with Crippen molar-refractivity contribution >= 4 is 11.7 Å². The van der Waals surface area contributed by atoms with Gasteiger partial charge in [0.2, 0.25) is 5.91 Å². The van der Waals surface area contributed by atoms with Crippen LogP contribution in [0.3, 0.4) is 0 Å². The van der Waals surface area contributed by atoms with Crippen LogP contribution >= 0.6 is 0 Å². The molecule has 0 aromatic carbocycles. The number of carbonyl (C=O) groups is 2. The molecule has 4 heteroatoms. The van der Waals surface area contributed by atoms with Crippen molar-refractivity contribution in [2.45, 2.75) is 45.1 Å². The van der Waals surface area contributed by atoms with Crippen LogP contribution in [0.1, 0.15) is 39.5 Å². The van der Waals surface area contributed by atoms with Gasteiger partial charge >= 0.3 is 0 Å². The first-order valence-corrected chi connectivity index (χ1v) is 5.79. The Hall–Kier alpha value is -0.900. The van der Waals surface area contributed by atoms with Crippen molar-refractivity contribution in [2.75, 3.05) is 20.2 Å². The molecule has 4 nitrogen and oxygen atoms in total. The Morgan fingerprint density at radius 2 is 2.06 bits per heavy atom. The molecule has 1 rings (SSSR count). The first kappa shape index (κ1) is 13.2. The summed E-state index contributed by atoms with van der Waals surface area (Å²) in [6.07, 6.45) is 2.63. The second kappa shape index (κ2) is 5.43. The van der Waals surface area contributed by atoms with Gasteiger partial charge in [-0.1, -0.05) is 0 Å². The molecule has 0 N–H and O–H groups in total. The number of amides is 1. The van der Waals surface area contributed by atoms with Crippen molar-refractivity contribution in [2.24, 2.45) is 0 Å². The molecule has 1 fully saturated rings. The van der Waals surface area contributed by atoms with Crippen LogP contribution in [-0.2, 0) is 14.3 Å². The van der Waals surface area contributed by atoms with Gasteiger partial charge in [-0.25, -0.2) is 0 Å². The maximum atomic E-state index is 11.8. The van der Waals surface area contributed by atoms with E-state index in [9.17, 15) is 9.59 Å². The Kier molecular flexibility index (Phi) is 4.47. The van der Waals surface area contributed by atoms with E-state index in [-0.39, 0.29) is 17.3 Å². The van der Waals surface area contributed by atoms with Gasteiger partial charge in [0.25, 0.3) is 0 Å². The smallest absolute Gasteiger partial charge is 0.223 e. The molecule has 1 amide bonds. The quantitative estimate of drug-likeness (QED) is 0.729. The van der Waals surface area contributed by atoms with Gasteiger partial charge in [0.1, 0.15) is 5.78 Å². The lowest BCUT2D eigenvalue weighted by molar-refractivity contribution is -0.140. The third-order valence-electron chi connectivity index (χ3n) is 3.20. The molecule has 1 aliphatic rings. The molecule has 1 aliphatic heterocycles. The lowest BCUT2D eigenvalue weighted by Crippen LogP contribution is -2.49. The number of carbonyl (C=O) groups excluding carboxylic acids is 2. The van der Waals surface area contributed by atoms with E-state index in [1.54, 1.807) is 7.11 Å². The highest BCUT2D eigenvalue weighted by molar-refractivity contribution is 5.83. The Labute approximate surface area is 96.9 Å². The number of methoxy groups -OCH3 is 1. The number of Topliss-reactive ketones (excluding diaryl/α,β-unsaturated/α-hetero) is 1. The van der Waals surface area contributed by atoms with Gasteiger partial charge in [-0.05, 0) is 26.7 Å². The molecule has 0 saturated carbocycles. The second-order valence-electron chi connectivity index (χ2n) is 4.77. The maximum absolute atomic E-state index is 11.8. The molecule has 1 saturated heterocycles. The van der Waals surface area contributed by atoms with Crippen LogP contribution in [0.5, 0.6) is 0 Å². The highest BCUT2D eigenvalue weighted by Crippen LogP contribution is 2.24. The summed E-state index contributed by atoms with van der Waals surface area (Å²) in [6.45, 7) is 4.97. The summed E-state index contributed by atoms with van der Waals surface area (Å²) in [7, 11) is 1.68. The Morgan fingerprint density at radius 3 is 2.62 bits per heavy atom. The lowest BCUT2D eigenvalue weighted by atomic mass is 9.94. The molecule has 92 valence electrons. The molecule has 0 spiro atoms. The molecule has 1 unspecified atom stereocenters. The largest absolute Gasteiger partial charge is 0.377 e. The monoisotopic (exact) mass is 227 g/mol. The zero-order chi connectivity index (χ0) is 12.2. The third kappa shape index (κ3) is 3.59. The number of likely N-dealkylation sites (tertiary alicyclic amines) is 1. The van der Waals surface area contributed by atoms with Crippen molar-refractivity contribution in [3.63, 3.8) is 0 Å². The zero-order valence-corrected chi connectivity index (χ0v) is 10.4. The van der Waals surface area contributed by atoms with Gasteiger partial charge < -0.3 is 14.4 Å². The van der Waals surface area contributed by atoms with Crippen molar-refractivity contribution in [3.8, 4) is 0 Å². The number of hydrogen-bond donors (Lipinski definition) is 0. The second-order valence-corrected chi connectivity index (χ2v) is 4.77. The fraction of sp³-hybridized carbons (Fsp3) is 0.833. The first-order chi connectivity index (χ1) is 7.47. The van der Waals surface area contributed by atoms with Crippen molar-refractivity contribution in [1.29, 1.82) is 0 Å². The highest BCUT2D eigenvalue weighted by Gasteiger charge is 2.32. The Bertz CT molecular complexity index is 277. The van der Waals surface area contributed by atoms with E-state index in [0.717, 1.165) is 19.4 Å². The van der Waals surface area contributed by atoms with Crippen LogP contribution in [0.25, 0.3) is 0 Å². The van der Waals surface area contributed by atoms with E-state index in [1.165, 1.54) is 6.92 Å². The van der Waals surface area contributed by atoms with Gasteiger partial charge in [-0.3, -0.25) is 4.79 Å². The molecule has 0 aromatic rings. The standard InChI is InChI=1S/C12H21NO3/c1-10(14)5-6-11(15)13-8-4-7-12(2,9-13)16-3/h4-9H2,1-3H3. The molecular weight excluding hydrogens is 206 g/mol. The zero-order valence-electron chi connectivity index (χ0n) is 10.4. The van der Waals surface area contributed by atoms with Crippen LogP contribution in [-0.4, -0.2) is 42.4 Å². The average molecular weight is 227 g/mol. The fourth-order valence-corrected chi connectivity index (χ4v) is 2.03. The normalized spacial score (nSPS) is 25.6. The Morgan fingerprint density at radius 1 is 1.38 bits per heavy atom. The minimum Gasteiger partial charge on any atom is -0.377 e. The van der Waals surface area contributed by atoms with E-state index in [2.05, 4.69) is 0 Å². The number of hydrogen-bond acceptors (Lipinski definition) is 3. The summed E-state index contributed by atoms with van der Waals surface area (Å²) >= 11 is 0. The molecule has 16 heavy (non-hydrogen) atoms. The average Bonchev–Trinajstić information content (AvgIpc) is 2.26. The number of ketones is 1. The van der Waals surface area contributed by atoms with Crippen LogP contribution in [0.2, 0.25) is 0 Å². The van der Waals surface area contributed by atoms with Gasteiger partial charge in [0.05, 0.1) is 5.60 Å². The fourth-order valence-electron chi connectivity index (χ4n) is 2.03. The summed E-state index contributed by atoms with van der Waals surface area (Å²) < 4.78 is 5.42. The minimum absolute atomic E-state index is 0.0678. The molecule has 1 atom stereocenters. The topological polar surface area (TPSA) is 46.6 Å². The van der Waals surface area contributed by atoms with E-state index in [1.807, 2.05) is 11.8 Å². The number of nitrogens with zero attached hydrogens (tertiary/aromatic N) is 1. The molecular formula is C12H21NO3. The summed E-state index contributed by atoms with van der Waals surface area (Å²) in [5.74, 6) is 0.137. The third-order valence-corrected chi connectivity index (χ3v) is 3.20. The predicted molar refractivity (Wildman–Crippen MR) is 61.1 cm³/mol. The number of ether oxygens (including phenoxy) is 1. The maximum Gasteiger partial charge on any atom is 0.223 e. The predicted octanol–water partition coefficient (Wildman–Crippen LogP) is 1.38. The van der Waals surface area contributed by atoms with Crippen LogP contribution in [0.4, 0.5) is 0 Å². The SMILES string of the molecule is COC1(C)CCCN(C(=O)CCC(C)=O)C1. The van der Waals surface area contributed by atoms with Crippen LogP contribution < -0.4 is 0 Å². The van der Waals surface area contributed by atoms with Gasteiger partial charge in [-0.15, -0.1) is 0 Å². The number of piperidine rings is 1. The molecule has 0 aliphatic carbocycles. The molecule has 1 heterocycles. The summed E-state index contributed by atoms with van der Waals surface area (Å²) in [4.78, 5) is 24.5. The van der Waals surface area contributed by atoms with E-state index >= 15 is 0 Å². The van der Waals surface area contributed by atoms with Crippen LogP contribution in [0, 0.1) is 0 Å². The number of rotatable bonds is 4. The summed E-state index contributed by atoms with van der Waals surface area (Å²) in [6, 6.07) is 0. The van der Waals surface area contributed by atoms with Crippen molar-refractivity contribution in [3.05, 3.63) is 0 Å². The van der Waals surface area contributed by atoms with Crippen LogP contribution in [0.15, 0.2) is 0 Å². The first-order valence-electron chi connectivity index (χ1n) is 5.79. The molecule has 0 radical (unpaired) electrons. The summed E-state index contributed by atoms with van der Waals surface area (Å²) in [5, 5.41) is 0. The summed E-state index contributed by atoms with van der Waals surface area (Å²) in [5.41, 5.74) is -0.218. The van der Waals surface area contributed by atoms with E-state index in [0.29, 0.717) is 19.4 Å². The van der Waals surface area contributed by atoms with E-state index in [4.69, 9.17) is 4.74 Å². The van der Waals surface area contributed by atoms with E-state index < -0.39 is 0 Å². The van der Waals surface area contributed by atoms with Gasteiger partial charge in [0.15, 0.2) is 0 Å². The van der Waals surface area contributed by atoms with Crippen molar-refractivity contribution in [1.82, 2.24) is 4.90 Å². The lowest BCUT2D eigenvalue weighted by Gasteiger charge is -2.39. The minimum atomic E-state index is -0.218. The van der Waals surface area contributed by atoms with Gasteiger partial charge in [-0.2, -0.15) is 0 Å². The Balaban J connectivity index is 2.47. The molecule has 0 aromatic heterocycles. The van der Waals surface area contributed by atoms with Crippen molar-refractivity contribution < 1.29 is 14.3 Å². The highest BCUT2D eigenvalue weighted by atomic mass is 16.5. The molecule has 0 bridgehead atoms. The van der Waals surface area contributed by atoms with Gasteiger partial charge in [0, 0.05) is 33.0 Å².